The van der Waals surface area contributed by atoms with E-state index in [1.165, 1.54) is 5.56 Å². The Balaban J connectivity index is 1.75. The number of nitrogens with zero attached hydrogens (tertiary/aromatic N) is 1. The van der Waals surface area contributed by atoms with Crippen LogP contribution in [0.4, 0.5) is 0 Å². The van der Waals surface area contributed by atoms with E-state index in [2.05, 4.69) is 76.6 Å². The highest BCUT2D eigenvalue weighted by atomic mass is 79.9. The van der Waals surface area contributed by atoms with Crippen molar-refractivity contribution in [3.8, 4) is 5.75 Å². The third-order valence-electron chi connectivity index (χ3n) is 7.86. The Morgan fingerprint density at radius 3 is 1.95 bits per heavy atom. The lowest BCUT2D eigenvalue weighted by atomic mass is 9.63. The summed E-state index contributed by atoms with van der Waals surface area (Å²) in [6, 6.07) is 14.0. The highest BCUT2D eigenvalue weighted by Crippen LogP contribution is 2.56. The second kappa shape index (κ2) is 9.53. The zero-order chi connectivity index (χ0) is 26.7. The molecule has 0 amide bonds. The lowest BCUT2D eigenvalue weighted by molar-refractivity contribution is -0.119. The molecule has 0 radical (unpaired) electrons. The minimum Gasteiger partial charge on any atom is -0.506 e. The number of benzene rings is 2. The van der Waals surface area contributed by atoms with Crippen molar-refractivity contribution >= 4 is 43.4 Å². The number of hydrogen-bond donors (Lipinski definition) is 1. The van der Waals surface area contributed by atoms with Crippen LogP contribution in [0.25, 0.3) is 0 Å². The molecule has 0 fully saturated rings. The van der Waals surface area contributed by atoms with Crippen LogP contribution in [0.1, 0.15) is 70.4 Å². The predicted octanol–water partition coefficient (Wildman–Crippen LogP) is 7.85. The van der Waals surface area contributed by atoms with Crippen molar-refractivity contribution in [3.05, 3.63) is 85.1 Å². The molecular weight excluding hydrogens is 594 g/mol. The van der Waals surface area contributed by atoms with Gasteiger partial charge in [-0.1, -0.05) is 74.0 Å². The predicted molar refractivity (Wildman–Crippen MR) is 153 cm³/mol. The summed E-state index contributed by atoms with van der Waals surface area (Å²) in [5.74, 6) is -0.347. The number of halogens is 2. The second-order valence-corrected chi connectivity index (χ2v) is 14.0. The van der Waals surface area contributed by atoms with Crippen LogP contribution in [0.15, 0.2) is 74.0 Å². The van der Waals surface area contributed by atoms with E-state index in [4.69, 9.17) is 0 Å². The summed E-state index contributed by atoms with van der Waals surface area (Å²) in [7, 11) is 0. The maximum Gasteiger partial charge on any atom is 0.162 e. The minimum atomic E-state index is -0.570. The average Bonchev–Trinajstić information content (AvgIpc) is 2.79. The Bertz CT molecular complexity index is 1300. The molecule has 0 unspecified atom stereocenters. The van der Waals surface area contributed by atoms with Crippen LogP contribution in [0.5, 0.6) is 5.75 Å². The molecule has 194 valence electrons. The fourth-order valence-electron chi connectivity index (χ4n) is 6.32. The van der Waals surface area contributed by atoms with Gasteiger partial charge in [0.1, 0.15) is 5.75 Å². The van der Waals surface area contributed by atoms with Crippen molar-refractivity contribution in [3.63, 3.8) is 0 Å². The lowest BCUT2D eigenvalue weighted by Crippen LogP contribution is -2.45. The first kappa shape index (κ1) is 26.4. The van der Waals surface area contributed by atoms with Gasteiger partial charge in [0.15, 0.2) is 11.6 Å². The fourth-order valence-corrected chi connectivity index (χ4v) is 7.58. The molecule has 4 nitrogen and oxygen atoms in total. The van der Waals surface area contributed by atoms with Crippen molar-refractivity contribution in [2.24, 2.45) is 10.8 Å². The summed E-state index contributed by atoms with van der Waals surface area (Å²) in [5, 5.41) is 11.2. The SMILES string of the molecule is CC1(C)CC(=O)C2=C(C1)N(CCc1ccccc1)C1=C(C(=O)CC(C)(C)C1)C2c1cc(Br)cc(Br)c1O. The Hall–Kier alpha value is -2.18. The van der Waals surface area contributed by atoms with Gasteiger partial charge in [0.25, 0.3) is 0 Å². The highest BCUT2D eigenvalue weighted by molar-refractivity contribution is 9.11. The molecule has 5 rings (SSSR count). The summed E-state index contributed by atoms with van der Waals surface area (Å²) in [6.07, 6.45) is 3.16. The Labute approximate surface area is 236 Å². The van der Waals surface area contributed by atoms with Gasteiger partial charge in [-0.05, 0) is 63.7 Å². The molecule has 0 atom stereocenters. The maximum absolute atomic E-state index is 13.9. The van der Waals surface area contributed by atoms with Crippen LogP contribution in [-0.4, -0.2) is 28.1 Å². The molecule has 0 spiro atoms. The summed E-state index contributed by atoms with van der Waals surface area (Å²) in [5.41, 5.74) is 4.85. The van der Waals surface area contributed by atoms with Crippen molar-refractivity contribution in [1.29, 1.82) is 0 Å². The van der Waals surface area contributed by atoms with E-state index in [-0.39, 0.29) is 28.1 Å². The quantitative estimate of drug-likeness (QED) is 0.376. The third kappa shape index (κ3) is 4.99. The molecule has 37 heavy (non-hydrogen) atoms. The van der Waals surface area contributed by atoms with Gasteiger partial charge in [0.2, 0.25) is 0 Å². The summed E-state index contributed by atoms with van der Waals surface area (Å²) >= 11 is 7.04. The smallest absolute Gasteiger partial charge is 0.162 e. The van der Waals surface area contributed by atoms with E-state index < -0.39 is 5.92 Å². The number of aromatic hydroxyl groups is 1. The number of phenolic OH excluding ortho intramolecular Hbond substituents is 1. The zero-order valence-electron chi connectivity index (χ0n) is 21.8. The van der Waals surface area contributed by atoms with Crippen molar-refractivity contribution in [1.82, 2.24) is 4.90 Å². The van der Waals surface area contributed by atoms with Crippen LogP contribution in [0.3, 0.4) is 0 Å². The number of rotatable bonds is 4. The summed E-state index contributed by atoms with van der Waals surface area (Å²) in [4.78, 5) is 30.1. The fraction of sp³-hybridized carbons (Fsp3) is 0.419. The van der Waals surface area contributed by atoms with Crippen LogP contribution >= 0.6 is 31.9 Å². The number of ketones is 2. The van der Waals surface area contributed by atoms with Crippen molar-refractivity contribution in [2.45, 2.75) is 65.7 Å². The molecule has 1 N–H and O–H groups in total. The standard InChI is InChI=1S/C31H33Br2NO3/c1-30(2)14-22-27(24(35)16-30)26(20-12-19(32)13-21(33)29(20)37)28-23(15-31(3,4)17-25(28)36)34(22)11-10-18-8-6-5-7-9-18/h5-9,12-13,26,37H,10-11,14-17H2,1-4H3. The van der Waals surface area contributed by atoms with Crippen molar-refractivity contribution < 1.29 is 14.7 Å². The first-order chi connectivity index (χ1) is 17.4. The molecule has 2 aromatic carbocycles. The van der Waals surface area contributed by atoms with E-state index in [1.807, 2.05) is 24.3 Å². The van der Waals surface area contributed by atoms with E-state index in [1.54, 1.807) is 6.07 Å². The molecule has 2 aromatic rings. The molecule has 6 heteroatoms. The topological polar surface area (TPSA) is 57.6 Å². The number of phenols is 1. The molecule has 0 saturated heterocycles. The largest absolute Gasteiger partial charge is 0.506 e. The Morgan fingerprint density at radius 2 is 1.41 bits per heavy atom. The average molecular weight is 627 g/mol. The van der Waals surface area contributed by atoms with E-state index in [0.717, 1.165) is 35.1 Å². The van der Waals surface area contributed by atoms with Crippen LogP contribution in [0.2, 0.25) is 0 Å². The highest BCUT2D eigenvalue weighted by Gasteiger charge is 2.49. The van der Waals surface area contributed by atoms with Crippen LogP contribution in [0, 0.1) is 10.8 Å². The van der Waals surface area contributed by atoms with Gasteiger partial charge in [0, 0.05) is 57.9 Å². The molecular formula is C31H33Br2NO3. The van der Waals surface area contributed by atoms with Gasteiger partial charge in [-0.3, -0.25) is 9.59 Å². The van der Waals surface area contributed by atoms with Crippen molar-refractivity contribution in [2.75, 3.05) is 6.54 Å². The van der Waals surface area contributed by atoms with E-state index >= 15 is 0 Å². The van der Waals surface area contributed by atoms with Gasteiger partial charge in [0.05, 0.1) is 4.47 Å². The Kier molecular flexibility index (Phi) is 6.81. The van der Waals surface area contributed by atoms with Crippen LogP contribution < -0.4 is 0 Å². The molecule has 2 aliphatic carbocycles. The normalized spacial score (nSPS) is 21.3. The third-order valence-corrected chi connectivity index (χ3v) is 8.92. The van der Waals surface area contributed by atoms with Gasteiger partial charge in [-0.2, -0.15) is 0 Å². The lowest BCUT2D eigenvalue weighted by Gasteiger charge is -2.49. The van der Waals surface area contributed by atoms with Gasteiger partial charge < -0.3 is 10.0 Å². The molecule has 1 aliphatic heterocycles. The molecule has 0 bridgehead atoms. The van der Waals surface area contributed by atoms with E-state index in [0.29, 0.717) is 40.6 Å². The monoisotopic (exact) mass is 625 g/mol. The first-order valence-electron chi connectivity index (χ1n) is 12.9. The molecule has 3 aliphatic rings. The Morgan fingerprint density at radius 1 is 0.865 bits per heavy atom. The molecule has 1 heterocycles. The number of allylic oxidation sites excluding steroid dienone is 4. The molecule has 0 aromatic heterocycles. The van der Waals surface area contributed by atoms with Crippen LogP contribution in [-0.2, 0) is 16.0 Å². The number of carbonyl (C=O) groups excluding carboxylic acids is 2. The number of hydrogen-bond acceptors (Lipinski definition) is 4. The van der Waals surface area contributed by atoms with E-state index in [9.17, 15) is 14.7 Å². The maximum atomic E-state index is 13.9. The first-order valence-corrected chi connectivity index (χ1v) is 14.5. The zero-order valence-corrected chi connectivity index (χ0v) is 25.0. The van der Waals surface area contributed by atoms with Gasteiger partial charge in [-0.25, -0.2) is 0 Å². The minimum absolute atomic E-state index is 0.0700. The number of Topliss-reactive ketones (excluding diaryl/α,β-unsaturated/α-hetero) is 2. The van der Waals surface area contributed by atoms with Gasteiger partial charge >= 0.3 is 0 Å². The number of carbonyl (C=O) groups is 2. The summed E-state index contributed by atoms with van der Waals surface area (Å²) in [6.45, 7) is 9.28. The molecule has 0 saturated carbocycles. The second-order valence-electron chi connectivity index (χ2n) is 12.2. The van der Waals surface area contributed by atoms with Gasteiger partial charge in [-0.15, -0.1) is 0 Å². The summed E-state index contributed by atoms with van der Waals surface area (Å²) < 4.78 is 1.33.